The van der Waals surface area contributed by atoms with E-state index in [1.165, 1.54) is 12.7 Å². The number of esters is 1. The molecule has 1 aliphatic heterocycles. The molecule has 1 amide bonds. The molecule has 0 bridgehead atoms. The van der Waals surface area contributed by atoms with Crippen LogP contribution in [0.2, 0.25) is 0 Å². The number of hydrogen-bond acceptors (Lipinski definition) is 5. The Morgan fingerprint density at radius 2 is 1.59 bits per heavy atom. The molecule has 0 atom stereocenters. The van der Waals surface area contributed by atoms with Crippen LogP contribution in [0.5, 0.6) is 0 Å². The van der Waals surface area contributed by atoms with Crippen LogP contribution in [0.15, 0.2) is 48.5 Å². The van der Waals surface area contributed by atoms with E-state index in [2.05, 4.69) is 22.2 Å². The lowest BCUT2D eigenvalue weighted by Crippen LogP contribution is -2.43. The van der Waals surface area contributed by atoms with Gasteiger partial charge in [0.05, 0.1) is 18.2 Å². The van der Waals surface area contributed by atoms with Gasteiger partial charge in [-0.25, -0.2) is 4.79 Å². The number of carbonyl (C=O) groups is 2. The van der Waals surface area contributed by atoms with Crippen LogP contribution in [0.3, 0.4) is 0 Å². The topological polar surface area (TPSA) is 61.9 Å². The number of amides is 1. The van der Waals surface area contributed by atoms with Gasteiger partial charge in [0.25, 0.3) is 5.91 Å². The summed E-state index contributed by atoms with van der Waals surface area (Å²) in [5.74, 6) is -0.855. The smallest absolute Gasteiger partial charge is 0.338 e. The number of hydrogen-bond donors (Lipinski definition) is 1. The van der Waals surface area contributed by atoms with Gasteiger partial charge in [-0.05, 0) is 36.9 Å². The third-order valence-corrected chi connectivity index (χ3v) is 4.79. The van der Waals surface area contributed by atoms with Crippen LogP contribution in [0.4, 0.5) is 5.69 Å². The number of nitrogens with zero attached hydrogens (tertiary/aromatic N) is 2. The Balaban J connectivity index is 1.63. The molecular weight excluding hydrogens is 342 g/mol. The highest BCUT2D eigenvalue weighted by atomic mass is 16.5. The van der Waals surface area contributed by atoms with Crippen molar-refractivity contribution in [1.82, 2.24) is 9.80 Å². The fourth-order valence-electron chi connectivity index (χ4n) is 3.13. The van der Waals surface area contributed by atoms with E-state index in [0.717, 1.165) is 32.7 Å². The Bertz CT molecular complexity index is 797. The number of nitrogens with one attached hydrogen (secondary N) is 1. The number of carbonyl (C=O) groups excluding carboxylic acids is 2. The van der Waals surface area contributed by atoms with Crippen LogP contribution in [-0.2, 0) is 11.3 Å². The highest BCUT2D eigenvalue weighted by Gasteiger charge is 2.17. The first-order chi connectivity index (χ1) is 13.1. The number of anilines is 1. The molecule has 1 fully saturated rings. The second-order valence-electron chi connectivity index (χ2n) is 6.77. The molecule has 142 valence electrons. The second kappa shape index (κ2) is 8.79. The molecule has 0 unspecified atom stereocenters. The molecule has 1 N–H and O–H groups in total. The minimum atomic E-state index is -0.525. The summed E-state index contributed by atoms with van der Waals surface area (Å²) in [6.45, 7) is 5.23. The molecule has 3 rings (SSSR count). The van der Waals surface area contributed by atoms with Crippen molar-refractivity contribution in [3.63, 3.8) is 0 Å². The van der Waals surface area contributed by atoms with Crippen LogP contribution in [0.25, 0.3) is 0 Å². The van der Waals surface area contributed by atoms with Crippen molar-refractivity contribution < 1.29 is 14.3 Å². The zero-order chi connectivity index (χ0) is 19.2. The van der Waals surface area contributed by atoms with Gasteiger partial charge >= 0.3 is 5.97 Å². The van der Waals surface area contributed by atoms with Crippen molar-refractivity contribution in [1.29, 1.82) is 0 Å². The first-order valence-corrected chi connectivity index (χ1v) is 9.05. The zero-order valence-electron chi connectivity index (χ0n) is 15.8. The summed E-state index contributed by atoms with van der Waals surface area (Å²) >= 11 is 0. The lowest BCUT2D eigenvalue weighted by molar-refractivity contribution is 0.0597. The SMILES string of the molecule is COC(=O)c1ccccc1C(=O)Nc1ccc(CN2CCN(C)CC2)cc1. The number of piperazine rings is 1. The average Bonchev–Trinajstić information content (AvgIpc) is 2.70. The molecule has 6 nitrogen and oxygen atoms in total. The minimum absolute atomic E-state index is 0.254. The molecule has 0 saturated carbocycles. The second-order valence-corrected chi connectivity index (χ2v) is 6.77. The van der Waals surface area contributed by atoms with Gasteiger partial charge in [-0.1, -0.05) is 24.3 Å². The fraction of sp³-hybridized carbons (Fsp3) is 0.333. The number of methoxy groups -OCH3 is 1. The largest absolute Gasteiger partial charge is 0.465 e. The van der Waals surface area contributed by atoms with E-state index in [1.54, 1.807) is 24.3 Å². The van der Waals surface area contributed by atoms with Crippen LogP contribution in [-0.4, -0.2) is 62.0 Å². The summed E-state index contributed by atoms with van der Waals surface area (Å²) in [4.78, 5) is 29.2. The monoisotopic (exact) mass is 367 g/mol. The van der Waals surface area contributed by atoms with Gasteiger partial charge in [-0.3, -0.25) is 9.69 Å². The van der Waals surface area contributed by atoms with E-state index in [-0.39, 0.29) is 11.5 Å². The van der Waals surface area contributed by atoms with Gasteiger partial charge < -0.3 is 15.0 Å². The van der Waals surface area contributed by atoms with Crippen LogP contribution in [0, 0.1) is 0 Å². The first-order valence-electron chi connectivity index (χ1n) is 9.05. The van der Waals surface area contributed by atoms with Crippen LogP contribution in [0.1, 0.15) is 26.3 Å². The van der Waals surface area contributed by atoms with Gasteiger partial charge in [0.2, 0.25) is 0 Å². The standard InChI is InChI=1S/C21H25N3O3/c1-23-11-13-24(14-12-23)15-16-7-9-17(10-8-16)22-20(25)18-5-3-4-6-19(18)21(26)27-2/h3-10H,11-15H2,1-2H3,(H,22,25). The Morgan fingerprint density at radius 1 is 0.963 bits per heavy atom. The normalized spacial score (nSPS) is 15.3. The lowest BCUT2D eigenvalue weighted by atomic mass is 10.1. The number of likely N-dealkylation sites (N-methyl/N-ethyl adjacent to an activating group) is 1. The third kappa shape index (κ3) is 4.93. The van der Waals surface area contributed by atoms with Crippen molar-refractivity contribution in [3.8, 4) is 0 Å². The molecular formula is C21H25N3O3. The predicted molar refractivity (Wildman–Crippen MR) is 105 cm³/mol. The zero-order valence-corrected chi connectivity index (χ0v) is 15.8. The maximum atomic E-state index is 12.6. The van der Waals surface area contributed by atoms with E-state index in [1.807, 2.05) is 24.3 Å². The van der Waals surface area contributed by atoms with Gasteiger partial charge in [-0.2, -0.15) is 0 Å². The average molecular weight is 367 g/mol. The minimum Gasteiger partial charge on any atom is -0.465 e. The van der Waals surface area contributed by atoms with Gasteiger partial charge in [0.1, 0.15) is 0 Å². The maximum absolute atomic E-state index is 12.6. The predicted octanol–water partition coefficient (Wildman–Crippen LogP) is 2.47. The Morgan fingerprint density at radius 3 is 2.22 bits per heavy atom. The summed E-state index contributed by atoms with van der Waals surface area (Å²) in [6.07, 6.45) is 0. The van der Waals surface area contributed by atoms with E-state index < -0.39 is 5.97 Å². The van der Waals surface area contributed by atoms with E-state index in [4.69, 9.17) is 4.74 Å². The molecule has 27 heavy (non-hydrogen) atoms. The van der Waals surface area contributed by atoms with E-state index in [0.29, 0.717) is 11.3 Å². The Labute approximate surface area is 159 Å². The maximum Gasteiger partial charge on any atom is 0.338 e. The first kappa shape index (κ1) is 19.1. The van der Waals surface area contributed by atoms with E-state index >= 15 is 0 Å². The number of ether oxygens (including phenoxy) is 1. The van der Waals surface area contributed by atoms with Gasteiger partial charge in [-0.15, -0.1) is 0 Å². The summed E-state index contributed by atoms with van der Waals surface area (Å²) in [6, 6.07) is 14.5. The van der Waals surface area contributed by atoms with Crippen molar-refractivity contribution in [2.45, 2.75) is 6.54 Å². The van der Waals surface area contributed by atoms with Crippen molar-refractivity contribution in [2.24, 2.45) is 0 Å². The molecule has 0 radical (unpaired) electrons. The third-order valence-electron chi connectivity index (χ3n) is 4.79. The summed E-state index contributed by atoms with van der Waals surface area (Å²) in [5, 5.41) is 2.85. The lowest BCUT2D eigenvalue weighted by Gasteiger charge is -2.32. The van der Waals surface area contributed by atoms with Crippen molar-refractivity contribution in [3.05, 3.63) is 65.2 Å². The molecule has 2 aromatic carbocycles. The summed E-state index contributed by atoms with van der Waals surface area (Å²) < 4.78 is 4.75. The molecule has 6 heteroatoms. The quantitative estimate of drug-likeness (QED) is 0.823. The van der Waals surface area contributed by atoms with Crippen molar-refractivity contribution in [2.75, 3.05) is 45.7 Å². The molecule has 1 saturated heterocycles. The molecule has 0 aliphatic carbocycles. The van der Waals surface area contributed by atoms with E-state index in [9.17, 15) is 9.59 Å². The molecule has 1 aliphatic rings. The van der Waals surface area contributed by atoms with Gasteiger partial charge in [0.15, 0.2) is 0 Å². The molecule has 2 aromatic rings. The summed E-state index contributed by atoms with van der Waals surface area (Å²) in [7, 11) is 3.45. The molecule has 0 spiro atoms. The number of rotatable bonds is 5. The highest BCUT2D eigenvalue weighted by molar-refractivity contribution is 6.11. The van der Waals surface area contributed by atoms with Crippen molar-refractivity contribution >= 4 is 17.6 Å². The Hall–Kier alpha value is -2.70. The highest BCUT2D eigenvalue weighted by Crippen LogP contribution is 2.16. The summed E-state index contributed by atoms with van der Waals surface area (Å²) in [5.41, 5.74) is 2.46. The van der Waals surface area contributed by atoms with Crippen LogP contribution < -0.4 is 5.32 Å². The molecule has 1 heterocycles. The van der Waals surface area contributed by atoms with Gasteiger partial charge in [0, 0.05) is 38.4 Å². The molecule has 0 aromatic heterocycles. The fourth-order valence-corrected chi connectivity index (χ4v) is 3.13. The van der Waals surface area contributed by atoms with Crippen LogP contribution >= 0.6 is 0 Å². The Kier molecular flexibility index (Phi) is 6.21. The number of benzene rings is 2.